The lowest BCUT2D eigenvalue weighted by molar-refractivity contribution is 0.0363. The predicted molar refractivity (Wildman–Crippen MR) is 92.6 cm³/mol. The van der Waals surface area contributed by atoms with Gasteiger partial charge in [0, 0.05) is 18.0 Å². The number of benzene rings is 1. The van der Waals surface area contributed by atoms with Crippen molar-refractivity contribution in [2.45, 2.75) is 77.9 Å². The Morgan fingerprint density at radius 1 is 1.23 bits per heavy atom. The number of rotatable bonds is 4. The smallest absolute Gasteiger partial charge is 0.125 e. The Hall–Kier alpha value is -1.02. The molecule has 1 atom stereocenters. The molecule has 3 rings (SSSR count). The SMILES string of the molecule is Cc1cc(C)c2c(c1)OC1(CCCC1)CC2NCCC(C)C. The first-order valence-corrected chi connectivity index (χ1v) is 9.03. The summed E-state index contributed by atoms with van der Waals surface area (Å²) >= 11 is 0. The Morgan fingerprint density at radius 2 is 1.95 bits per heavy atom. The van der Waals surface area contributed by atoms with Crippen molar-refractivity contribution in [2.24, 2.45) is 5.92 Å². The van der Waals surface area contributed by atoms with Gasteiger partial charge in [0.1, 0.15) is 11.4 Å². The highest BCUT2D eigenvalue weighted by Crippen LogP contribution is 2.48. The maximum Gasteiger partial charge on any atom is 0.125 e. The Labute approximate surface area is 135 Å². The fourth-order valence-corrected chi connectivity index (χ4v) is 4.27. The van der Waals surface area contributed by atoms with Crippen molar-refractivity contribution in [3.63, 3.8) is 0 Å². The molecule has 0 aromatic heterocycles. The molecular weight excluding hydrogens is 270 g/mol. The molecule has 1 aromatic rings. The van der Waals surface area contributed by atoms with E-state index in [0.717, 1.165) is 24.6 Å². The van der Waals surface area contributed by atoms with Gasteiger partial charge in [-0.15, -0.1) is 0 Å². The van der Waals surface area contributed by atoms with Gasteiger partial charge in [0.2, 0.25) is 0 Å². The minimum Gasteiger partial charge on any atom is -0.487 e. The van der Waals surface area contributed by atoms with Crippen LogP contribution in [0.15, 0.2) is 12.1 Å². The maximum atomic E-state index is 6.56. The van der Waals surface area contributed by atoms with Gasteiger partial charge in [-0.2, -0.15) is 0 Å². The van der Waals surface area contributed by atoms with Crippen molar-refractivity contribution >= 4 is 0 Å². The monoisotopic (exact) mass is 301 g/mol. The van der Waals surface area contributed by atoms with E-state index in [-0.39, 0.29) is 5.60 Å². The number of hydrogen-bond donors (Lipinski definition) is 1. The molecule has 0 amide bonds. The second-order valence-corrected chi connectivity index (χ2v) is 7.88. The van der Waals surface area contributed by atoms with Gasteiger partial charge >= 0.3 is 0 Å². The van der Waals surface area contributed by atoms with Gasteiger partial charge in [0.15, 0.2) is 0 Å². The number of fused-ring (bicyclic) bond motifs is 1. The van der Waals surface area contributed by atoms with Gasteiger partial charge in [-0.25, -0.2) is 0 Å². The van der Waals surface area contributed by atoms with E-state index in [4.69, 9.17) is 4.74 Å². The maximum absolute atomic E-state index is 6.56. The molecule has 1 aliphatic heterocycles. The molecule has 0 saturated heterocycles. The Morgan fingerprint density at radius 3 is 2.64 bits per heavy atom. The fraction of sp³-hybridized carbons (Fsp3) is 0.700. The van der Waals surface area contributed by atoms with Crippen molar-refractivity contribution in [1.82, 2.24) is 5.32 Å². The highest BCUT2D eigenvalue weighted by molar-refractivity contribution is 5.47. The summed E-state index contributed by atoms with van der Waals surface area (Å²) in [7, 11) is 0. The predicted octanol–water partition coefficient (Wildman–Crippen LogP) is 5.08. The van der Waals surface area contributed by atoms with Gasteiger partial charge in [-0.05, 0) is 75.6 Å². The molecule has 1 spiro atoms. The summed E-state index contributed by atoms with van der Waals surface area (Å²) in [6.07, 6.45) is 7.47. The van der Waals surface area contributed by atoms with E-state index >= 15 is 0 Å². The van der Waals surface area contributed by atoms with Crippen LogP contribution in [0.5, 0.6) is 5.75 Å². The molecule has 1 unspecified atom stereocenters. The summed E-state index contributed by atoms with van der Waals surface area (Å²) in [5, 5.41) is 3.84. The van der Waals surface area contributed by atoms with Crippen molar-refractivity contribution in [1.29, 1.82) is 0 Å². The highest BCUT2D eigenvalue weighted by Gasteiger charge is 2.43. The molecule has 1 heterocycles. The molecule has 1 aliphatic carbocycles. The normalized spacial score (nSPS) is 22.9. The fourth-order valence-electron chi connectivity index (χ4n) is 4.27. The van der Waals surface area contributed by atoms with Crippen LogP contribution in [-0.4, -0.2) is 12.1 Å². The molecule has 1 fully saturated rings. The van der Waals surface area contributed by atoms with Crippen molar-refractivity contribution in [3.8, 4) is 5.75 Å². The zero-order valence-electron chi connectivity index (χ0n) is 14.7. The second-order valence-electron chi connectivity index (χ2n) is 7.88. The van der Waals surface area contributed by atoms with Gasteiger partial charge in [-0.3, -0.25) is 0 Å². The van der Waals surface area contributed by atoms with Crippen LogP contribution in [0, 0.1) is 19.8 Å². The minimum absolute atomic E-state index is 0.0999. The molecule has 0 radical (unpaired) electrons. The van der Waals surface area contributed by atoms with Crippen LogP contribution < -0.4 is 10.1 Å². The first-order valence-electron chi connectivity index (χ1n) is 9.03. The van der Waals surface area contributed by atoms with E-state index in [0.29, 0.717) is 6.04 Å². The third-order valence-electron chi connectivity index (χ3n) is 5.37. The molecule has 2 heteroatoms. The van der Waals surface area contributed by atoms with Gasteiger partial charge in [-0.1, -0.05) is 19.9 Å². The molecule has 2 aliphatic rings. The summed E-state index contributed by atoms with van der Waals surface area (Å²) < 4.78 is 6.56. The molecule has 0 bridgehead atoms. The third-order valence-corrected chi connectivity index (χ3v) is 5.37. The van der Waals surface area contributed by atoms with Crippen LogP contribution in [0.3, 0.4) is 0 Å². The van der Waals surface area contributed by atoms with E-state index < -0.39 is 0 Å². The van der Waals surface area contributed by atoms with Crippen LogP contribution in [0.4, 0.5) is 0 Å². The van der Waals surface area contributed by atoms with E-state index in [1.807, 2.05) is 0 Å². The quantitative estimate of drug-likeness (QED) is 0.837. The largest absolute Gasteiger partial charge is 0.487 e. The lowest BCUT2D eigenvalue weighted by Crippen LogP contribution is -2.42. The first-order chi connectivity index (χ1) is 10.5. The standard InChI is InChI=1S/C20H31NO/c1-14(2)7-10-21-17-13-20(8-5-6-9-20)22-18-12-15(3)11-16(4)19(17)18/h11-12,14,17,21H,5-10,13H2,1-4H3. The van der Waals surface area contributed by atoms with Crippen LogP contribution in [0.1, 0.15) is 75.1 Å². The first kappa shape index (κ1) is 15.9. The van der Waals surface area contributed by atoms with E-state index in [2.05, 4.69) is 45.1 Å². The lowest BCUT2D eigenvalue weighted by Gasteiger charge is -2.41. The van der Waals surface area contributed by atoms with Crippen LogP contribution in [0.25, 0.3) is 0 Å². The molecule has 22 heavy (non-hydrogen) atoms. The Balaban J connectivity index is 1.87. The molecule has 1 aromatic carbocycles. The number of nitrogens with one attached hydrogen (secondary N) is 1. The van der Waals surface area contributed by atoms with Crippen molar-refractivity contribution in [2.75, 3.05) is 6.54 Å². The van der Waals surface area contributed by atoms with Crippen LogP contribution >= 0.6 is 0 Å². The average Bonchev–Trinajstić information content (AvgIpc) is 2.84. The topological polar surface area (TPSA) is 21.3 Å². The van der Waals surface area contributed by atoms with E-state index in [1.54, 1.807) is 0 Å². The Kier molecular flexibility index (Phi) is 4.49. The van der Waals surface area contributed by atoms with Crippen LogP contribution in [-0.2, 0) is 0 Å². The summed E-state index contributed by atoms with van der Waals surface area (Å²) in [6, 6.07) is 5.01. The number of aryl methyl sites for hydroxylation is 2. The van der Waals surface area contributed by atoms with Gasteiger partial charge in [0.25, 0.3) is 0 Å². The second kappa shape index (κ2) is 6.23. The Bertz CT molecular complexity index is 529. The molecule has 2 nitrogen and oxygen atoms in total. The molecule has 1 saturated carbocycles. The highest BCUT2D eigenvalue weighted by atomic mass is 16.5. The molecule has 122 valence electrons. The number of hydrogen-bond acceptors (Lipinski definition) is 2. The summed E-state index contributed by atoms with van der Waals surface area (Å²) in [6.45, 7) is 10.1. The van der Waals surface area contributed by atoms with Gasteiger partial charge in [0.05, 0.1) is 0 Å². The molecular formula is C20H31NO. The van der Waals surface area contributed by atoms with Crippen molar-refractivity contribution in [3.05, 3.63) is 28.8 Å². The lowest BCUT2D eigenvalue weighted by atomic mass is 9.83. The summed E-state index contributed by atoms with van der Waals surface area (Å²) in [4.78, 5) is 0. The van der Waals surface area contributed by atoms with E-state index in [9.17, 15) is 0 Å². The van der Waals surface area contributed by atoms with Crippen LogP contribution in [0.2, 0.25) is 0 Å². The zero-order valence-corrected chi connectivity index (χ0v) is 14.7. The zero-order chi connectivity index (χ0) is 15.7. The van der Waals surface area contributed by atoms with E-state index in [1.165, 1.54) is 48.8 Å². The summed E-state index contributed by atoms with van der Waals surface area (Å²) in [5.74, 6) is 1.90. The minimum atomic E-state index is 0.0999. The van der Waals surface area contributed by atoms with Crippen molar-refractivity contribution < 1.29 is 4.74 Å². The summed E-state index contributed by atoms with van der Waals surface area (Å²) in [5.41, 5.74) is 4.20. The number of ether oxygens (including phenoxy) is 1. The third kappa shape index (κ3) is 3.17. The van der Waals surface area contributed by atoms with Gasteiger partial charge < -0.3 is 10.1 Å². The molecule has 1 N–H and O–H groups in total. The average molecular weight is 301 g/mol.